The molecule has 0 aliphatic rings. The van der Waals surface area contributed by atoms with Crippen molar-refractivity contribution in [2.24, 2.45) is 5.73 Å². The highest BCUT2D eigenvalue weighted by Crippen LogP contribution is 2.15. The number of esters is 1. The Kier molecular flexibility index (Phi) is 6.22. The Bertz CT molecular complexity index is 424. The molecule has 0 heterocycles. The molecule has 19 heavy (non-hydrogen) atoms. The number of benzene rings is 1. The van der Waals surface area contributed by atoms with Crippen molar-refractivity contribution in [3.8, 4) is 0 Å². The van der Waals surface area contributed by atoms with Crippen LogP contribution in [0.3, 0.4) is 0 Å². The molecule has 0 saturated carbocycles. The third kappa shape index (κ3) is 5.22. The van der Waals surface area contributed by atoms with Crippen LogP contribution in [-0.4, -0.2) is 18.3 Å². The van der Waals surface area contributed by atoms with Gasteiger partial charge >= 0.3 is 5.97 Å². The summed E-state index contributed by atoms with van der Waals surface area (Å²) < 4.78 is 4.96. The molecule has 0 unspecified atom stereocenters. The van der Waals surface area contributed by atoms with Gasteiger partial charge in [-0.25, -0.2) is 4.79 Å². The zero-order valence-electron chi connectivity index (χ0n) is 11.5. The molecule has 0 bridgehead atoms. The second-order valence-corrected chi connectivity index (χ2v) is 4.79. The highest BCUT2D eigenvalue weighted by molar-refractivity contribution is 6.33. The van der Waals surface area contributed by atoms with Gasteiger partial charge < -0.3 is 10.5 Å². The van der Waals surface area contributed by atoms with E-state index in [4.69, 9.17) is 10.5 Å². The van der Waals surface area contributed by atoms with Gasteiger partial charge in [0.15, 0.2) is 0 Å². The van der Waals surface area contributed by atoms with Crippen molar-refractivity contribution < 1.29 is 14.3 Å². The molecule has 0 spiro atoms. The maximum Gasteiger partial charge on any atom is 0.374 e. The van der Waals surface area contributed by atoms with E-state index < -0.39 is 11.8 Å². The fourth-order valence-corrected chi connectivity index (χ4v) is 1.59. The summed E-state index contributed by atoms with van der Waals surface area (Å²) in [6, 6.07) is 7.83. The number of ketones is 1. The average Bonchev–Trinajstić information content (AvgIpc) is 2.42. The van der Waals surface area contributed by atoms with Gasteiger partial charge in [-0.1, -0.05) is 38.1 Å². The first-order valence-corrected chi connectivity index (χ1v) is 6.53. The molecule has 0 amide bonds. The Morgan fingerprint density at radius 2 is 1.84 bits per heavy atom. The van der Waals surface area contributed by atoms with Crippen LogP contribution in [0.15, 0.2) is 24.3 Å². The number of hydrogen-bond acceptors (Lipinski definition) is 4. The van der Waals surface area contributed by atoms with Crippen LogP contribution in [0.25, 0.3) is 0 Å². The van der Waals surface area contributed by atoms with Crippen molar-refractivity contribution in [3.05, 3.63) is 35.4 Å². The van der Waals surface area contributed by atoms with E-state index >= 15 is 0 Å². The van der Waals surface area contributed by atoms with Crippen molar-refractivity contribution in [2.45, 2.75) is 39.2 Å². The van der Waals surface area contributed by atoms with E-state index in [1.165, 1.54) is 5.56 Å². The molecule has 4 heteroatoms. The average molecular weight is 263 g/mol. The molecule has 2 N–H and O–H groups in total. The van der Waals surface area contributed by atoms with Gasteiger partial charge in [-0.2, -0.15) is 0 Å². The fraction of sp³-hybridized carbons (Fsp3) is 0.467. The molecular formula is C15H21NO3. The van der Waals surface area contributed by atoms with E-state index in [1.54, 1.807) is 0 Å². The Morgan fingerprint density at radius 3 is 2.37 bits per heavy atom. The number of Topliss-reactive ketones (excluding diaryl/α,β-unsaturated/α-hetero) is 1. The molecule has 0 aliphatic heterocycles. The predicted octanol–water partition coefficient (Wildman–Crippen LogP) is 2.16. The number of hydrogen-bond donors (Lipinski definition) is 1. The number of carbonyl (C=O) groups excluding carboxylic acids is 2. The molecule has 104 valence electrons. The summed E-state index contributed by atoms with van der Waals surface area (Å²) in [5.41, 5.74) is 7.39. The molecule has 4 nitrogen and oxygen atoms in total. The monoisotopic (exact) mass is 263 g/mol. The van der Waals surface area contributed by atoms with Gasteiger partial charge in [-0.3, -0.25) is 4.79 Å². The summed E-state index contributed by atoms with van der Waals surface area (Å²) in [5.74, 6) is -0.819. The van der Waals surface area contributed by atoms with Crippen LogP contribution >= 0.6 is 0 Å². The van der Waals surface area contributed by atoms with Gasteiger partial charge in [0, 0.05) is 6.42 Å². The van der Waals surface area contributed by atoms with E-state index in [-0.39, 0.29) is 13.0 Å². The standard InChI is InChI=1S/C15H21NO3/c1-11(2)13-7-5-12(6-8-13)10-19-15(18)14(17)4-3-9-16/h5-8,11H,3-4,9-10,16H2,1-2H3. The second-order valence-electron chi connectivity index (χ2n) is 4.79. The molecule has 0 atom stereocenters. The van der Waals surface area contributed by atoms with E-state index in [0.717, 1.165) is 5.56 Å². The molecule has 0 saturated heterocycles. The van der Waals surface area contributed by atoms with Crippen LogP contribution in [0.4, 0.5) is 0 Å². The molecular weight excluding hydrogens is 242 g/mol. The predicted molar refractivity (Wildman–Crippen MR) is 73.6 cm³/mol. The molecule has 1 aromatic carbocycles. The topological polar surface area (TPSA) is 69.4 Å². The SMILES string of the molecule is CC(C)c1ccc(COC(=O)C(=O)CCCN)cc1. The zero-order valence-corrected chi connectivity index (χ0v) is 11.5. The molecule has 1 aromatic rings. The molecule has 0 fully saturated rings. The lowest BCUT2D eigenvalue weighted by molar-refractivity contribution is -0.154. The Labute approximate surface area is 113 Å². The third-order valence-electron chi connectivity index (χ3n) is 2.85. The number of ether oxygens (including phenoxy) is 1. The van der Waals surface area contributed by atoms with Gasteiger partial charge in [-0.15, -0.1) is 0 Å². The molecule has 0 radical (unpaired) electrons. The first-order chi connectivity index (χ1) is 9.04. The Balaban J connectivity index is 2.43. The Morgan fingerprint density at radius 1 is 1.21 bits per heavy atom. The normalized spacial score (nSPS) is 10.5. The van der Waals surface area contributed by atoms with Crippen molar-refractivity contribution in [3.63, 3.8) is 0 Å². The van der Waals surface area contributed by atoms with E-state index in [0.29, 0.717) is 18.9 Å². The van der Waals surface area contributed by atoms with Crippen LogP contribution in [0.1, 0.15) is 43.7 Å². The third-order valence-corrected chi connectivity index (χ3v) is 2.85. The number of nitrogens with two attached hydrogens (primary N) is 1. The minimum absolute atomic E-state index is 0.131. The minimum atomic E-state index is -0.776. The fourth-order valence-electron chi connectivity index (χ4n) is 1.59. The van der Waals surface area contributed by atoms with Crippen molar-refractivity contribution in [1.29, 1.82) is 0 Å². The van der Waals surface area contributed by atoms with E-state index in [2.05, 4.69) is 13.8 Å². The number of carbonyl (C=O) groups is 2. The van der Waals surface area contributed by atoms with Crippen molar-refractivity contribution >= 4 is 11.8 Å². The molecule has 1 rings (SSSR count). The van der Waals surface area contributed by atoms with Gasteiger partial charge in [0.25, 0.3) is 0 Å². The maximum atomic E-state index is 11.4. The lowest BCUT2D eigenvalue weighted by Gasteiger charge is -2.07. The first kappa shape index (κ1) is 15.4. The summed E-state index contributed by atoms with van der Waals surface area (Å²) in [7, 11) is 0. The largest absolute Gasteiger partial charge is 0.455 e. The van der Waals surface area contributed by atoms with Crippen LogP contribution in [0, 0.1) is 0 Å². The van der Waals surface area contributed by atoms with Gasteiger partial charge in [0.05, 0.1) is 0 Å². The van der Waals surface area contributed by atoms with Gasteiger partial charge in [-0.05, 0) is 30.0 Å². The highest BCUT2D eigenvalue weighted by Gasteiger charge is 2.14. The van der Waals surface area contributed by atoms with Gasteiger partial charge in [0.2, 0.25) is 5.78 Å². The van der Waals surface area contributed by atoms with Gasteiger partial charge in [0.1, 0.15) is 6.61 Å². The lowest BCUT2D eigenvalue weighted by atomic mass is 10.0. The van der Waals surface area contributed by atoms with Crippen molar-refractivity contribution in [1.82, 2.24) is 0 Å². The quantitative estimate of drug-likeness (QED) is 0.604. The summed E-state index contributed by atoms with van der Waals surface area (Å²) in [4.78, 5) is 22.7. The smallest absolute Gasteiger partial charge is 0.374 e. The summed E-state index contributed by atoms with van der Waals surface area (Å²) in [5, 5.41) is 0. The van der Waals surface area contributed by atoms with Crippen LogP contribution in [0.5, 0.6) is 0 Å². The first-order valence-electron chi connectivity index (χ1n) is 6.53. The number of rotatable bonds is 7. The highest BCUT2D eigenvalue weighted by atomic mass is 16.5. The lowest BCUT2D eigenvalue weighted by Crippen LogP contribution is -2.18. The van der Waals surface area contributed by atoms with Crippen molar-refractivity contribution in [2.75, 3.05) is 6.54 Å². The Hall–Kier alpha value is -1.68. The molecule has 0 aromatic heterocycles. The summed E-state index contributed by atoms with van der Waals surface area (Å²) in [6.45, 7) is 4.76. The van der Waals surface area contributed by atoms with Crippen LogP contribution < -0.4 is 5.73 Å². The zero-order chi connectivity index (χ0) is 14.3. The van der Waals surface area contributed by atoms with Crippen LogP contribution in [-0.2, 0) is 20.9 Å². The second kappa shape index (κ2) is 7.69. The minimum Gasteiger partial charge on any atom is -0.455 e. The summed E-state index contributed by atoms with van der Waals surface area (Å²) >= 11 is 0. The van der Waals surface area contributed by atoms with E-state index in [9.17, 15) is 9.59 Å². The van der Waals surface area contributed by atoms with Crippen LogP contribution in [0.2, 0.25) is 0 Å². The summed E-state index contributed by atoms with van der Waals surface area (Å²) in [6.07, 6.45) is 0.665. The maximum absolute atomic E-state index is 11.4. The van der Waals surface area contributed by atoms with E-state index in [1.807, 2.05) is 24.3 Å². The molecule has 0 aliphatic carbocycles.